The van der Waals surface area contributed by atoms with Gasteiger partial charge < -0.3 is 5.11 Å². The van der Waals surface area contributed by atoms with Gasteiger partial charge in [0, 0.05) is 48.6 Å². The molecule has 4 aromatic rings. The summed E-state index contributed by atoms with van der Waals surface area (Å²) in [5.41, 5.74) is 4.34. The van der Waals surface area contributed by atoms with Crippen LogP contribution in [0, 0.1) is 11.8 Å². The monoisotopic (exact) mass is 454 g/mol. The number of sulfonamides is 1. The molecule has 0 amide bonds. The van der Waals surface area contributed by atoms with Crippen LogP contribution in [0.4, 0.5) is 0 Å². The maximum absolute atomic E-state index is 12.2. The number of aromatic nitrogens is 1. The van der Waals surface area contributed by atoms with Gasteiger partial charge in [-0.05, 0) is 41.5 Å². The van der Waals surface area contributed by atoms with Gasteiger partial charge in [-0.2, -0.15) is 4.31 Å². The van der Waals surface area contributed by atoms with Crippen LogP contribution in [0.5, 0.6) is 5.75 Å². The molecule has 1 fully saturated rings. The predicted molar refractivity (Wildman–Crippen MR) is 128 cm³/mol. The van der Waals surface area contributed by atoms with Gasteiger partial charge in [0.25, 0.3) is 0 Å². The van der Waals surface area contributed by atoms with E-state index < -0.39 is 10.0 Å². The summed E-state index contributed by atoms with van der Waals surface area (Å²) in [6.07, 6.45) is 2.83. The zero-order chi connectivity index (χ0) is 22.8. The van der Waals surface area contributed by atoms with Crippen molar-refractivity contribution in [2.45, 2.75) is 17.7 Å². The van der Waals surface area contributed by atoms with Gasteiger partial charge in [-0.1, -0.05) is 54.3 Å². The van der Waals surface area contributed by atoms with Crippen molar-refractivity contribution in [3.8, 4) is 17.6 Å². The fourth-order valence-electron chi connectivity index (χ4n) is 3.70. The van der Waals surface area contributed by atoms with Gasteiger partial charge in [0.2, 0.25) is 10.0 Å². The SMILES string of the molecule is O=S(=O)(c1ccc(CC#Cc2ccc3ncc(Cc4ccccc4)c(O)c3c2)cc1)N1CC1. The summed E-state index contributed by atoms with van der Waals surface area (Å²) >= 11 is 0. The van der Waals surface area contributed by atoms with Gasteiger partial charge in [0.1, 0.15) is 5.75 Å². The van der Waals surface area contributed by atoms with Crippen LogP contribution in [-0.2, 0) is 22.9 Å². The molecule has 0 bridgehead atoms. The van der Waals surface area contributed by atoms with Crippen LogP contribution in [0.1, 0.15) is 22.3 Å². The topological polar surface area (TPSA) is 70.3 Å². The van der Waals surface area contributed by atoms with Crippen molar-refractivity contribution in [1.29, 1.82) is 0 Å². The van der Waals surface area contributed by atoms with Crippen molar-refractivity contribution in [2.24, 2.45) is 0 Å². The molecule has 1 saturated heterocycles. The van der Waals surface area contributed by atoms with E-state index in [0.29, 0.717) is 36.2 Å². The highest BCUT2D eigenvalue weighted by molar-refractivity contribution is 7.89. The Morgan fingerprint density at radius 1 is 0.939 bits per heavy atom. The van der Waals surface area contributed by atoms with Gasteiger partial charge in [0.05, 0.1) is 10.4 Å². The average molecular weight is 455 g/mol. The minimum Gasteiger partial charge on any atom is -0.507 e. The van der Waals surface area contributed by atoms with Gasteiger partial charge in [-0.3, -0.25) is 4.98 Å². The van der Waals surface area contributed by atoms with Crippen LogP contribution >= 0.6 is 0 Å². The number of rotatable bonds is 5. The Kier molecular flexibility index (Phi) is 5.59. The first-order valence-electron chi connectivity index (χ1n) is 10.7. The van der Waals surface area contributed by atoms with Crippen molar-refractivity contribution < 1.29 is 13.5 Å². The normalized spacial score (nSPS) is 13.5. The highest BCUT2D eigenvalue weighted by atomic mass is 32.2. The van der Waals surface area contributed by atoms with E-state index in [9.17, 15) is 13.5 Å². The molecule has 1 aromatic heterocycles. The molecule has 0 unspecified atom stereocenters. The average Bonchev–Trinajstić information content (AvgIpc) is 3.69. The van der Waals surface area contributed by atoms with Gasteiger partial charge >= 0.3 is 0 Å². The fourth-order valence-corrected chi connectivity index (χ4v) is 5.04. The number of pyridine rings is 1. The molecule has 5 rings (SSSR count). The third-order valence-corrected chi connectivity index (χ3v) is 7.56. The molecule has 0 spiro atoms. The number of nitrogens with zero attached hydrogens (tertiary/aromatic N) is 2. The lowest BCUT2D eigenvalue weighted by Gasteiger charge is -2.08. The molecule has 0 aliphatic carbocycles. The number of hydrogen-bond acceptors (Lipinski definition) is 4. The van der Waals surface area contributed by atoms with Crippen LogP contribution in [0.25, 0.3) is 10.9 Å². The second-order valence-corrected chi connectivity index (χ2v) is 9.99. The fraction of sp³-hybridized carbons (Fsp3) is 0.148. The lowest BCUT2D eigenvalue weighted by molar-refractivity contribution is 0.475. The van der Waals surface area contributed by atoms with E-state index in [4.69, 9.17) is 0 Å². The number of fused-ring (bicyclic) bond motifs is 1. The first-order valence-corrected chi connectivity index (χ1v) is 12.2. The summed E-state index contributed by atoms with van der Waals surface area (Å²) in [5, 5.41) is 11.5. The lowest BCUT2D eigenvalue weighted by Crippen LogP contribution is -2.11. The molecule has 1 N–H and O–H groups in total. The Bertz CT molecular complexity index is 1480. The zero-order valence-corrected chi connectivity index (χ0v) is 18.7. The van der Waals surface area contributed by atoms with Crippen LogP contribution in [0.2, 0.25) is 0 Å². The summed E-state index contributed by atoms with van der Waals surface area (Å²) in [4.78, 5) is 4.81. The zero-order valence-electron chi connectivity index (χ0n) is 17.9. The number of benzene rings is 3. The summed E-state index contributed by atoms with van der Waals surface area (Å²) in [6.45, 7) is 1.19. The largest absolute Gasteiger partial charge is 0.507 e. The number of hydrogen-bond donors (Lipinski definition) is 1. The molecule has 3 aromatic carbocycles. The smallest absolute Gasteiger partial charge is 0.243 e. The summed E-state index contributed by atoms with van der Waals surface area (Å²) in [7, 11) is -3.33. The third-order valence-electron chi connectivity index (χ3n) is 5.65. The second kappa shape index (κ2) is 8.70. The molecular weight excluding hydrogens is 432 g/mol. The van der Waals surface area contributed by atoms with E-state index in [-0.39, 0.29) is 5.75 Å². The summed E-state index contributed by atoms with van der Waals surface area (Å²) < 4.78 is 25.9. The Morgan fingerprint density at radius 2 is 1.70 bits per heavy atom. The van der Waals surface area contributed by atoms with Gasteiger partial charge in [-0.25, -0.2) is 8.42 Å². The van der Waals surface area contributed by atoms with Crippen molar-refractivity contribution >= 4 is 20.9 Å². The van der Waals surface area contributed by atoms with Crippen molar-refractivity contribution in [2.75, 3.05) is 13.1 Å². The van der Waals surface area contributed by atoms with Gasteiger partial charge in [-0.15, -0.1) is 0 Å². The van der Waals surface area contributed by atoms with E-state index in [1.807, 2.05) is 48.5 Å². The van der Waals surface area contributed by atoms with E-state index in [1.165, 1.54) is 4.31 Å². The quantitative estimate of drug-likeness (QED) is 0.364. The molecule has 0 saturated carbocycles. The molecule has 1 aliphatic rings. The van der Waals surface area contributed by atoms with E-state index in [2.05, 4.69) is 16.8 Å². The van der Waals surface area contributed by atoms with E-state index in [1.54, 1.807) is 30.5 Å². The summed E-state index contributed by atoms with van der Waals surface area (Å²) in [5.74, 6) is 6.51. The van der Waals surface area contributed by atoms with E-state index >= 15 is 0 Å². The summed E-state index contributed by atoms with van der Waals surface area (Å²) in [6, 6.07) is 22.5. The maximum atomic E-state index is 12.2. The van der Waals surface area contributed by atoms with Crippen LogP contribution in [0.15, 0.2) is 83.9 Å². The molecule has 0 radical (unpaired) electrons. The molecule has 33 heavy (non-hydrogen) atoms. The lowest BCUT2D eigenvalue weighted by atomic mass is 10.0. The minimum absolute atomic E-state index is 0.232. The Morgan fingerprint density at radius 3 is 2.42 bits per heavy atom. The Hall–Kier alpha value is -3.66. The molecule has 0 atom stereocenters. The Labute approximate surface area is 193 Å². The first kappa shape index (κ1) is 21.2. The van der Waals surface area contributed by atoms with Crippen molar-refractivity contribution in [3.05, 3.63) is 101 Å². The second-order valence-electron chi connectivity index (χ2n) is 8.05. The van der Waals surface area contributed by atoms with Gasteiger partial charge in [0.15, 0.2) is 0 Å². The minimum atomic E-state index is -3.33. The molecule has 2 heterocycles. The highest BCUT2D eigenvalue weighted by Gasteiger charge is 2.32. The maximum Gasteiger partial charge on any atom is 0.243 e. The third kappa shape index (κ3) is 4.61. The molecular formula is C27H22N2O3S. The van der Waals surface area contributed by atoms with Crippen molar-refractivity contribution in [3.63, 3.8) is 0 Å². The molecule has 164 valence electrons. The number of aromatic hydroxyl groups is 1. The van der Waals surface area contributed by atoms with Crippen LogP contribution in [-0.4, -0.2) is 35.9 Å². The Balaban J connectivity index is 1.34. The van der Waals surface area contributed by atoms with Crippen LogP contribution in [0.3, 0.4) is 0 Å². The van der Waals surface area contributed by atoms with Crippen molar-refractivity contribution in [1.82, 2.24) is 9.29 Å². The van der Waals surface area contributed by atoms with E-state index in [0.717, 1.165) is 27.8 Å². The predicted octanol–water partition coefficient (Wildman–Crippen LogP) is 4.13. The standard InChI is InChI=1S/C27H22N2O3S/c30-27-23(17-21-5-2-1-3-6-21)19-28-26-14-11-22(18-25(26)27)8-4-7-20-9-12-24(13-10-20)33(31,32)29-15-16-29/h1-3,5-6,9-14,18-19H,7,15-17H2,(H,28,30). The van der Waals surface area contributed by atoms with Crippen LogP contribution < -0.4 is 0 Å². The molecule has 6 heteroatoms. The first-order chi connectivity index (χ1) is 16.0. The molecule has 5 nitrogen and oxygen atoms in total. The molecule has 1 aliphatic heterocycles. The highest BCUT2D eigenvalue weighted by Crippen LogP contribution is 2.29.